The highest BCUT2D eigenvalue weighted by Gasteiger charge is 1.95. The lowest BCUT2D eigenvalue weighted by Gasteiger charge is -2.05. The summed E-state index contributed by atoms with van der Waals surface area (Å²) < 4.78 is 0. The summed E-state index contributed by atoms with van der Waals surface area (Å²) in [4.78, 5) is 0. The van der Waals surface area contributed by atoms with Crippen molar-refractivity contribution in [2.24, 2.45) is 0 Å². The van der Waals surface area contributed by atoms with Gasteiger partial charge in [0.05, 0.1) is 0 Å². The minimum Gasteiger partial charge on any atom is -0.0654 e. The van der Waals surface area contributed by atoms with Crippen molar-refractivity contribution in [3.63, 3.8) is 0 Å². The molecular formula is C13H28. The molecule has 0 nitrogen and oxygen atoms in total. The zero-order valence-electron chi connectivity index (χ0n) is 9.78. The summed E-state index contributed by atoms with van der Waals surface area (Å²) >= 11 is 0. The average Bonchev–Trinajstić information content (AvgIpc) is 2.05. The van der Waals surface area contributed by atoms with Gasteiger partial charge < -0.3 is 0 Å². The van der Waals surface area contributed by atoms with Gasteiger partial charge in [-0.2, -0.15) is 0 Å². The van der Waals surface area contributed by atoms with Gasteiger partial charge in [-0.3, -0.25) is 0 Å². The molecule has 0 spiro atoms. The summed E-state index contributed by atoms with van der Waals surface area (Å²) in [6.45, 7) is 4.42. The summed E-state index contributed by atoms with van der Waals surface area (Å²) in [6, 6.07) is 0. The van der Waals surface area contributed by atoms with E-state index in [0.717, 1.165) is 0 Å². The molecule has 1 aliphatic carbocycles. The minimum atomic E-state index is 1.34. The van der Waals surface area contributed by atoms with E-state index in [0.29, 0.717) is 0 Å². The van der Waals surface area contributed by atoms with Crippen molar-refractivity contribution in [3.8, 4) is 0 Å². The van der Waals surface area contributed by atoms with Crippen molar-refractivity contribution < 1.29 is 0 Å². The first-order valence-electron chi connectivity index (χ1n) is 6.41. The molecule has 0 unspecified atom stereocenters. The van der Waals surface area contributed by atoms with Crippen LogP contribution in [0.3, 0.4) is 0 Å². The Hall–Kier alpha value is 0. The van der Waals surface area contributed by atoms with E-state index in [1.54, 1.807) is 0 Å². The summed E-state index contributed by atoms with van der Waals surface area (Å²) in [5.41, 5.74) is 0. The molecule has 13 heavy (non-hydrogen) atoms. The van der Waals surface area contributed by atoms with Crippen LogP contribution >= 0.6 is 0 Å². The maximum atomic E-state index is 2.21. The molecule has 0 aromatic heterocycles. The van der Waals surface area contributed by atoms with Crippen molar-refractivity contribution in [1.29, 1.82) is 0 Å². The van der Waals surface area contributed by atoms with Gasteiger partial charge in [-0.05, 0) is 0 Å². The highest BCUT2D eigenvalue weighted by Crippen LogP contribution is 2.15. The van der Waals surface area contributed by atoms with Crippen LogP contribution in [0.1, 0.15) is 84.5 Å². The molecule has 0 aromatic carbocycles. The van der Waals surface area contributed by atoms with E-state index < -0.39 is 0 Å². The van der Waals surface area contributed by atoms with Gasteiger partial charge in [0.1, 0.15) is 0 Å². The first-order chi connectivity index (χ1) is 6.41. The Kier molecular flexibility index (Phi) is 12.0. The third kappa shape index (κ3) is 12.0. The van der Waals surface area contributed by atoms with Gasteiger partial charge in [-0.15, -0.1) is 0 Å². The summed E-state index contributed by atoms with van der Waals surface area (Å²) in [5, 5.41) is 0. The molecule has 0 saturated heterocycles. The molecule has 0 atom stereocenters. The van der Waals surface area contributed by atoms with Crippen molar-refractivity contribution in [1.82, 2.24) is 0 Å². The Bertz CT molecular complexity index is 50.1. The molecule has 1 saturated carbocycles. The molecule has 0 radical (unpaired) electrons. The van der Waals surface area contributed by atoms with E-state index in [1.165, 1.54) is 70.6 Å². The standard InChI is InChI=1S/C8H16.C5H12/c1-2-4-6-8-7-5-3-1;1-3-5-4-2/h1-8H2;3-5H2,1-2H3. The molecule has 0 amide bonds. The number of rotatable bonds is 2. The van der Waals surface area contributed by atoms with Crippen LogP contribution in [0, 0.1) is 0 Å². The van der Waals surface area contributed by atoms with E-state index in [9.17, 15) is 0 Å². The summed E-state index contributed by atoms with van der Waals surface area (Å²) in [6.07, 6.45) is 16.1. The zero-order valence-corrected chi connectivity index (χ0v) is 9.78. The molecule has 1 aliphatic rings. The molecule has 0 heteroatoms. The van der Waals surface area contributed by atoms with Crippen molar-refractivity contribution in [2.45, 2.75) is 84.5 Å². The zero-order chi connectivity index (χ0) is 9.78. The van der Waals surface area contributed by atoms with Crippen LogP contribution in [0.15, 0.2) is 0 Å². The third-order valence-electron chi connectivity index (χ3n) is 2.71. The van der Waals surface area contributed by atoms with Gasteiger partial charge in [0.2, 0.25) is 0 Å². The van der Waals surface area contributed by atoms with Gasteiger partial charge in [0.25, 0.3) is 0 Å². The van der Waals surface area contributed by atoms with Crippen molar-refractivity contribution in [2.75, 3.05) is 0 Å². The maximum Gasteiger partial charge on any atom is -0.0533 e. The quantitative estimate of drug-likeness (QED) is 0.545. The van der Waals surface area contributed by atoms with Crippen LogP contribution in [0.2, 0.25) is 0 Å². The monoisotopic (exact) mass is 184 g/mol. The Morgan fingerprint density at radius 3 is 0.846 bits per heavy atom. The molecular weight excluding hydrogens is 156 g/mol. The minimum absolute atomic E-state index is 1.34. The van der Waals surface area contributed by atoms with Crippen LogP contribution < -0.4 is 0 Å². The SMILES string of the molecule is C1CCCCCCC1.CCCCC. The molecule has 1 rings (SSSR count). The van der Waals surface area contributed by atoms with E-state index in [-0.39, 0.29) is 0 Å². The Balaban J connectivity index is 0.000000252. The van der Waals surface area contributed by atoms with Gasteiger partial charge in [0, 0.05) is 0 Å². The smallest absolute Gasteiger partial charge is 0.0533 e. The van der Waals surface area contributed by atoms with Gasteiger partial charge in [-0.1, -0.05) is 84.5 Å². The van der Waals surface area contributed by atoms with Crippen LogP contribution in [-0.2, 0) is 0 Å². The number of unbranched alkanes of at least 4 members (excludes halogenated alkanes) is 2. The normalized spacial score (nSPS) is 18.0. The summed E-state index contributed by atoms with van der Waals surface area (Å²) in [7, 11) is 0. The second-order valence-electron chi connectivity index (χ2n) is 4.18. The lowest BCUT2D eigenvalue weighted by Crippen LogP contribution is -1.85. The first kappa shape index (κ1) is 13.0. The van der Waals surface area contributed by atoms with E-state index in [2.05, 4.69) is 13.8 Å². The average molecular weight is 184 g/mol. The second-order valence-corrected chi connectivity index (χ2v) is 4.18. The fourth-order valence-corrected chi connectivity index (χ4v) is 1.77. The van der Waals surface area contributed by atoms with Crippen LogP contribution in [0.5, 0.6) is 0 Å². The Morgan fingerprint density at radius 1 is 0.538 bits per heavy atom. The predicted molar refractivity (Wildman–Crippen MR) is 62.1 cm³/mol. The van der Waals surface area contributed by atoms with E-state index in [1.807, 2.05) is 0 Å². The topological polar surface area (TPSA) is 0 Å². The predicted octanol–water partition coefficient (Wildman–Crippen LogP) is 5.32. The largest absolute Gasteiger partial charge is 0.0654 e. The van der Waals surface area contributed by atoms with Crippen molar-refractivity contribution in [3.05, 3.63) is 0 Å². The molecule has 0 heterocycles. The summed E-state index contributed by atoms with van der Waals surface area (Å²) in [5.74, 6) is 0. The van der Waals surface area contributed by atoms with Crippen LogP contribution in [-0.4, -0.2) is 0 Å². The molecule has 1 fully saturated rings. The maximum absolute atomic E-state index is 2.21. The van der Waals surface area contributed by atoms with E-state index in [4.69, 9.17) is 0 Å². The van der Waals surface area contributed by atoms with Gasteiger partial charge in [-0.25, -0.2) is 0 Å². The number of hydrogen-bond donors (Lipinski definition) is 0. The fraction of sp³-hybridized carbons (Fsp3) is 1.00. The van der Waals surface area contributed by atoms with Gasteiger partial charge >= 0.3 is 0 Å². The first-order valence-corrected chi connectivity index (χ1v) is 6.41. The molecule has 0 N–H and O–H groups in total. The Labute approximate surface area is 85.1 Å². The third-order valence-corrected chi connectivity index (χ3v) is 2.71. The Morgan fingerprint density at radius 2 is 0.769 bits per heavy atom. The number of hydrogen-bond acceptors (Lipinski definition) is 0. The fourth-order valence-electron chi connectivity index (χ4n) is 1.77. The molecule has 0 bridgehead atoms. The van der Waals surface area contributed by atoms with Gasteiger partial charge in [0.15, 0.2) is 0 Å². The van der Waals surface area contributed by atoms with Crippen LogP contribution in [0.4, 0.5) is 0 Å². The molecule has 0 aliphatic heterocycles. The lowest BCUT2D eigenvalue weighted by atomic mass is 10.0. The van der Waals surface area contributed by atoms with E-state index >= 15 is 0 Å². The highest BCUT2D eigenvalue weighted by atomic mass is 14.0. The second kappa shape index (κ2) is 12.0. The molecule has 80 valence electrons. The lowest BCUT2D eigenvalue weighted by molar-refractivity contribution is 0.504. The van der Waals surface area contributed by atoms with Crippen LogP contribution in [0.25, 0.3) is 0 Å². The molecule has 0 aromatic rings. The highest BCUT2D eigenvalue weighted by molar-refractivity contribution is 4.51. The van der Waals surface area contributed by atoms with Crippen molar-refractivity contribution >= 4 is 0 Å².